The van der Waals surface area contributed by atoms with E-state index < -0.39 is 12.2 Å². The first-order chi connectivity index (χ1) is 15.1. The Morgan fingerprint density at radius 3 is 2.48 bits per heavy atom. The molecule has 0 aliphatic heterocycles. The molecule has 31 heavy (non-hydrogen) atoms. The van der Waals surface area contributed by atoms with Gasteiger partial charge in [-0.15, -0.1) is 20.4 Å². The summed E-state index contributed by atoms with van der Waals surface area (Å²) >= 11 is 1.20. The molecule has 154 valence electrons. The van der Waals surface area contributed by atoms with E-state index in [0.717, 1.165) is 15.8 Å². The van der Waals surface area contributed by atoms with Gasteiger partial charge in [0.1, 0.15) is 10.7 Å². The van der Waals surface area contributed by atoms with Gasteiger partial charge in [0.05, 0.1) is 0 Å². The van der Waals surface area contributed by atoms with Crippen LogP contribution in [-0.4, -0.2) is 39.6 Å². The van der Waals surface area contributed by atoms with E-state index in [1.165, 1.54) is 11.8 Å². The second-order valence-electron chi connectivity index (χ2n) is 6.59. The third-order valence-corrected chi connectivity index (χ3v) is 5.35. The highest BCUT2D eigenvalue weighted by Gasteiger charge is 2.20. The number of rotatable bonds is 5. The van der Waals surface area contributed by atoms with Crippen LogP contribution in [0.5, 0.6) is 0 Å². The van der Waals surface area contributed by atoms with E-state index in [-0.39, 0.29) is 5.65 Å². The molecular weight excluding hydrogens is 422 g/mol. The first kappa shape index (κ1) is 19.2. The van der Waals surface area contributed by atoms with E-state index in [1.807, 2.05) is 54.0 Å². The van der Waals surface area contributed by atoms with Crippen molar-refractivity contribution < 1.29 is 8.78 Å². The van der Waals surface area contributed by atoms with Gasteiger partial charge in [-0.1, -0.05) is 23.8 Å². The van der Waals surface area contributed by atoms with E-state index in [4.69, 9.17) is 0 Å². The van der Waals surface area contributed by atoms with Crippen molar-refractivity contribution in [2.75, 3.05) is 0 Å². The molecule has 0 aliphatic carbocycles. The average molecular weight is 436 g/mol. The molecule has 8 nitrogen and oxygen atoms in total. The molecule has 11 heteroatoms. The minimum atomic E-state index is -2.78. The third kappa shape index (κ3) is 3.63. The molecular formula is C20H14F2N8S. The van der Waals surface area contributed by atoms with Gasteiger partial charge in [0.15, 0.2) is 11.5 Å². The van der Waals surface area contributed by atoms with Crippen LogP contribution < -0.4 is 0 Å². The van der Waals surface area contributed by atoms with Crippen molar-refractivity contribution in [2.45, 2.75) is 23.5 Å². The van der Waals surface area contributed by atoms with Crippen molar-refractivity contribution in [1.29, 1.82) is 0 Å². The maximum absolute atomic E-state index is 13.2. The Labute approximate surface area is 179 Å². The first-order valence-electron chi connectivity index (χ1n) is 9.22. The fourth-order valence-corrected chi connectivity index (χ4v) is 3.81. The summed E-state index contributed by atoms with van der Waals surface area (Å²) in [4.78, 5) is 4.39. The lowest BCUT2D eigenvalue weighted by atomic mass is 10.2. The highest BCUT2D eigenvalue weighted by molar-refractivity contribution is 7.99. The Morgan fingerprint density at radius 1 is 0.903 bits per heavy atom. The monoisotopic (exact) mass is 436 g/mol. The molecule has 0 fully saturated rings. The normalized spacial score (nSPS) is 11.5. The SMILES string of the molecule is Cc1ccc(-n2c(Sc3ccc4nnc(C(F)F)n4n3)nnc2-c2ccccn2)cc1. The van der Waals surface area contributed by atoms with Gasteiger partial charge in [-0.2, -0.15) is 9.61 Å². The number of hydrogen-bond donors (Lipinski definition) is 0. The molecule has 0 saturated heterocycles. The fraction of sp³-hybridized carbons (Fsp3) is 0.100. The lowest BCUT2D eigenvalue weighted by molar-refractivity contribution is 0.137. The molecule has 5 rings (SSSR count). The molecule has 0 aliphatic rings. The largest absolute Gasteiger partial charge is 0.299 e. The van der Waals surface area contributed by atoms with Crippen molar-refractivity contribution in [3.05, 3.63) is 72.2 Å². The van der Waals surface area contributed by atoms with Gasteiger partial charge < -0.3 is 0 Å². The zero-order valence-corrected chi connectivity index (χ0v) is 16.9. The Kier molecular flexibility index (Phi) is 4.86. The smallest absolute Gasteiger partial charge is 0.268 e. The van der Waals surface area contributed by atoms with Gasteiger partial charge in [0.2, 0.25) is 11.0 Å². The first-order valence-corrected chi connectivity index (χ1v) is 10.0. The maximum atomic E-state index is 13.2. The number of hydrogen-bond acceptors (Lipinski definition) is 7. The number of alkyl halides is 2. The molecule has 4 heterocycles. The van der Waals surface area contributed by atoms with Crippen LogP contribution in [0.2, 0.25) is 0 Å². The Bertz CT molecular complexity index is 1350. The van der Waals surface area contributed by atoms with E-state index in [2.05, 4.69) is 30.5 Å². The number of aromatic nitrogens is 8. The zero-order valence-electron chi connectivity index (χ0n) is 16.1. The minimum absolute atomic E-state index is 0.244. The fourth-order valence-electron chi connectivity index (χ4n) is 3.00. The summed E-state index contributed by atoms with van der Waals surface area (Å²) in [5.74, 6) is 0.0530. The number of fused-ring (bicyclic) bond motifs is 1. The van der Waals surface area contributed by atoms with Crippen LogP contribution in [-0.2, 0) is 0 Å². The van der Waals surface area contributed by atoms with Gasteiger partial charge in [-0.25, -0.2) is 8.78 Å². The van der Waals surface area contributed by atoms with Gasteiger partial charge in [0.25, 0.3) is 6.43 Å². The predicted octanol–water partition coefficient (Wildman–Crippen LogP) is 4.16. The molecule has 4 aromatic heterocycles. The minimum Gasteiger partial charge on any atom is -0.268 e. The van der Waals surface area contributed by atoms with Gasteiger partial charge in [0, 0.05) is 11.9 Å². The molecule has 0 radical (unpaired) electrons. The highest BCUT2D eigenvalue weighted by atomic mass is 32.2. The zero-order chi connectivity index (χ0) is 21.4. The van der Waals surface area contributed by atoms with E-state index in [1.54, 1.807) is 18.3 Å². The summed E-state index contributed by atoms with van der Waals surface area (Å²) in [6, 6.07) is 16.7. The molecule has 0 unspecified atom stereocenters. The lowest BCUT2D eigenvalue weighted by Gasteiger charge is -2.10. The molecule has 0 saturated carbocycles. The van der Waals surface area contributed by atoms with Crippen molar-refractivity contribution in [3.63, 3.8) is 0 Å². The maximum Gasteiger partial charge on any atom is 0.299 e. The van der Waals surface area contributed by atoms with Crippen LogP contribution in [0, 0.1) is 6.92 Å². The predicted molar refractivity (Wildman–Crippen MR) is 109 cm³/mol. The highest BCUT2D eigenvalue weighted by Crippen LogP contribution is 2.31. The lowest BCUT2D eigenvalue weighted by Crippen LogP contribution is -2.02. The van der Waals surface area contributed by atoms with E-state index in [0.29, 0.717) is 21.7 Å². The van der Waals surface area contributed by atoms with Crippen LogP contribution in [0.4, 0.5) is 8.78 Å². The average Bonchev–Trinajstić information content (AvgIpc) is 3.39. The summed E-state index contributed by atoms with van der Waals surface area (Å²) in [6.45, 7) is 2.00. The van der Waals surface area contributed by atoms with Gasteiger partial charge in [-0.3, -0.25) is 9.55 Å². The van der Waals surface area contributed by atoms with Crippen molar-refractivity contribution in [1.82, 2.24) is 39.6 Å². The summed E-state index contributed by atoms with van der Waals surface area (Å²) in [6.07, 6.45) is -1.10. The van der Waals surface area contributed by atoms with Crippen LogP contribution in [0.3, 0.4) is 0 Å². The Hall–Kier alpha value is -3.73. The molecule has 0 N–H and O–H groups in total. The van der Waals surface area contributed by atoms with E-state index in [9.17, 15) is 8.78 Å². The standard InChI is InChI=1S/C20H14F2N8S/c1-12-5-7-13(8-6-12)29-18(14-4-2-3-11-23-14)25-27-20(29)31-16-10-9-15-24-26-19(17(21)22)30(15)28-16/h2-11,17H,1H3. The Morgan fingerprint density at radius 2 is 1.74 bits per heavy atom. The van der Waals surface area contributed by atoms with Gasteiger partial charge >= 0.3 is 0 Å². The van der Waals surface area contributed by atoms with E-state index >= 15 is 0 Å². The number of nitrogens with zero attached hydrogens (tertiary/aromatic N) is 8. The van der Waals surface area contributed by atoms with Crippen LogP contribution in [0.1, 0.15) is 17.8 Å². The molecule has 5 aromatic rings. The molecule has 0 amide bonds. The summed E-state index contributed by atoms with van der Waals surface area (Å²) < 4.78 is 29.3. The van der Waals surface area contributed by atoms with Crippen LogP contribution in [0.25, 0.3) is 22.9 Å². The van der Waals surface area contributed by atoms with Crippen molar-refractivity contribution in [3.8, 4) is 17.2 Å². The summed E-state index contributed by atoms with van der Waals surface area (Å²) in [5.41, 5.74) is 2.86. The number of aryl methyl sites for hydroxylation is 1. The molecule has 1 aromatic carbocycles. The van der Waals surface area contributed by atoms with Crippen molar-refractivity contribution >= 4 is 17.4 Å². The van der Waals surface area contributed by atoms with Crippen molar-refractivity contribution in [2.24, 2.45) is 0 Å². The number of benzene rings is 1. The second-order valence-corrected chi connectivity index (χ2v) is 7.58. The third-order valence-electron chi connectivity index (χ3n) is 4.47. The second kappa shape index (κ2) is 7.84. The van der Waals surface area contributed by atoms with Crippen LogP contribution in [0.15, 0.2) is 71.0 Å². The van der Waals surface area contributed by atoms with Gasteiger partial charge in [-0.05, 0) is 55.1 Å². The Balaban J connectivity index is 1.61. The van der Waals surface area contributed by atoms with Crippen LogP contribution >= 0.6 is 11.8 Å². The summed E-state index contributed by atoms with van der Waals surface area (Å²) in [5, 5.41) is 21.1. The quantitative estimate of drug-likeness (QED) is 0.409. The molecule has 0 spiro atoms. The number of halogens is 2. The molecule has 0 atom stereocenters. The topological polar surface area (TPSA) is 86.7 Å². The summed E-state index contributed by atoms with van der Waals surface area (Å²) in [7, 11) is 0. The number of pyridine rings is 1. The molecule has 0 bridgehead atoms.